The molecular formula is C30H35N7O5S2. The fourth-order valence-electron chi connectivity index (χ4n) is 5.69. The van der Waals surface area contributed by atoms with Crippen molar-refractivity contribution in [3.63, 3.8) is 0 Å². The number of piperidine rings is 1. The Morgan fingerprint density at radius 2 is 1.80 bits per heavy atom. The summed E-state index contributed by atoms with van der Waals surface area (Å²) in [5.41, 5.74) is 4.44. The largest absolute Gasteiger partial charge is 0.378 e. The Morgan fingerprint density at radius 1 is 1.00 bits per heavy atom. The van der Waals surface area contributed by atoms with Crippen LogP contribution < -0.4 is 19.2 Å². The number of sulfonamides is 2. The first-order valence-corrected chi connectivity index (χ1v) is 17.6. The maximum atomic E-state index is 13.1. The predicted molar refractivity (Wildman–Crippen MR) is 173 cm³/mol. The highest BCUT2D eigenvalue weighted by Gasteiger charge is 2.24. The van der Waals surface area contributed by atoms with E-state index < -0.39 is 20.0 Å². The molecule has 0 spiro atoms. The summed E-state index contributed by atoms with van der Waals surface area (Å²) in [6.45, 7) is 7.46. The van der Waals surface area contributed by atoms with E-state index in [-0.39, 0.29) is 11.8 Å². The third-order valence-electron chi connectivity index (χ3n) is 7.79. The molecule has 0 bridgehead atoms. The molecule has 44 heavy (non-hydrogen) atoms. The lowest BCUT2D eigenvalue weighted by Crippen LogP contribution is -2.47. The van der Waals surface area contributed by atoms with Crippen LogP contribution in [0.15, 0.2) is 72.9 Å². The first-order valence-electron chi connectivity index (χ1n) is 14.4. The predicted octanol–water partition coefficient (Wildman–Crippen LogP) is 3.44. The number of fused-ring (bicyclic) bond motifs is 1. The van der Waals surface area contributed by atoms with Gasteiger partial charge in [-0.3, -0.25) is 4.72 Å². The van der Waals surface area contributed by atoms with Crippen molar-refractivity contribution in [2.75, 3.05) is 53.9 Å². The first-order chi connectivity index (χ1) is 21.2. The molecule has 1 unspecified atom stereocenters. The summed E-state index contributed by atoms with van der Waals surface area (Å²) in [4.78, 5) is 16.5. The number of H-pyrrole nitrogens is 1. The van der Waals surface area contributed by atoms with Crippen molar-refractivity contribution < 1.29 is 21.6 Å². The number of hydrogen-bond donors (Lipinski definition) is 3. The smallest absolute Gasteiger partial charge is 0.236 e. The Kier molecular flexibility index (Phi) is 8.58. The minimum atomic E-state index is -3.70. The molecule has 2 aliphatic rings. The highest BCUT2D eigenvalue weighted by Crippen LogP contribution is 2.30. The number of ether oxygens (including phenoxy) is 1. The highest BCUT2D eigenvalue weighted by atomic mass is 32.2. The molecule has 6 rings (SSSR count). The van der Waals surface area contributed by atoms with Gasteiger partial charge in [-0.25, -0.2) is 31.5 Å². The van der Waals surface area contributed by atoms with Crippen molar-refractivity contribution in [2.45, 2.75) is 24.6 Å². The van der Waals surface area contributed by atoms with Gasteiger partial charge in [0, 0.05) is 54.7 Å². The van der Waals surface area contributed by atoms with Gasteiger partial charge in [0.05, 0.1) is 24.4 Å². The van der Waals surface area contributed by atoms with Crippen LogP contribution in [0.25, 0.3) is 22.3 Å². The van der Waals surface area contributed by atoms with Gasteiger partial charge in [-0.05, 0) is 54.3 Å². The number of rotatable bonds is 10. The number of benzene rings is 2. The topological polar surface area (TPSA) is 150 Å². The summed E-state index contributed by atoms with van der Waals surface area (Å²) in [6, 6.07) is 16.3. The lowest BCUT2D eigenvalue weighted by atomic mass is 10.1. The summed E-state index contributed by atoms with van der Waals surface area (Å²) >= 11 is 0. The molecule has 232 valence electrons. The zero-order chi connectivity index (χ0) is 30.7. The average Bonchev–Trinajstić information content (AvgIpc) is 3.46. The molecule has 0 amide bonds. The normalized spacial score (nSPS) is 18.0. The maximum Gasteiger partial charge on any atom is 0.236 e. The molecule has 0 radical (unpaired) electrons. The van der Waals surface area contributed by atoms with Crippen molar-refractivity contribution in [2.24, 2.45) is 0 Å². The summed E-state index contributed by atoms with van der Waals surface area (Å²) in [5, 5.41) is 1.84. The van der Waals surface area contributed by atoms with Crippen molar-refractivity contribution in [3.8, 4) is 11.3 Å². The van der Waals surface area contributed by atoms with E-state index in [1.165, 1.54) is 0 Å². The van der Waals surface area contributed by atoms with Crippen LogP contribution in [0.2, 0.25) is 0 Å². The lowest BCUT2D eigenvalue weighted by molar-refractivity contribution is 0.122. The number of nitrogens with one attached hydrogen (secondary N) is 3. The van der Waals surface area contributed by atoms with E-state index in [1.807, 2.05) is 36.4 Å². The molecule has 4 aromatic rings. The molecule has 3 N–H and O–H groups in total. The van der Waals surface area contributed by atoms with Crippen LogP contribution in [0.1, 0.15) is 18.4 Å². The van der Waals surface area contributed by atoms with Gasteiger partial charge in [0.2, 0.25) is 20.0 Å². The number of morpholine rings is 1. The highest BCUT2D eigenvalue weighted by molar-refractivity contribution is 7.92. The Bertz CT molecular complexity index is 1850. The molecule has 2 aromatic carbocycles. The number of hydrogen-bond acceptors (Lipinski definition) is 9. The Labute approximate surface area is 257 Å². The zero-order valence-electron chi connectivity index (χ0n) is 24.1. The summed E-state index contributed by atoms with van der Waals surface area (Å²) in [6.07, 6.45) is 3.09. The minimum Gasteiger partial charge on any atom is -0.378 e. The van der Waals surface area contributed by atoms with Crippen LogP contribution in [-0.2, 0) is 30.5 Å². The quantitative estimate of drug-likeness (QED) is 0.238. The molecule has 2 fully saturated rings. The van der Waals surface area contributed by atoms with Gasteiger partial charge in [-0.2, -0.15) is 0 Å². The third kappa shape index (κ3) is 7.04. The number of aromatic nitrogens is 3. The van der Waals surface area contributed by atoms with E-state index in [4.69, 9.17) is 4.74 Å². The van der Waals surface area contributed by atoms with Crippen molar-refractivity contribution in [1.82, 2.24) is 19.7 Å². The van der Waals surface area contributed by atoms with E-state index in [1.54, 1.807) is 24.5 Å². The summed E-state index contributed by atoms with van der Waals surface area (Å²) in [7, 11) is -7.23. The summed E-state index contributed by atoms with van der Waals surface area (Å²) in [5.74, 6) is 0.667. The second kappa shape index (κ2) is 12.6. The molecule has 4 heterocycles. The van der Waals surface area contributed by atoms with Gasteiger partial charge in [0.15, 0.2) is 0 Å². The molecule has 0 saturated carbocycles. The standard InChI is InChI=1S/C30H35N7O5S2/c1-2-43(38,39)35-25-6-4-12-37(19-25)26-7-3-5-22(17-26)20-44(40,41)34-24-10-8-23(9-11-24)28-18-27-29(33-28)31-21-32-30(27)36-13-15-42-16-14-36/h2-3,5,7-11,17-18,21,25,34-35H,1,4,6,12-16,19-20H2,(H,31,32,33). The fourth-order valence-corrected chi connectivity index (χ4v) is 7.63. The molecule has 1 atom stereocenters. The van der Waals surface area contributed by atoms with Crippen molar-refractivity contribution in [3.05, 3.63) is 78.5 Å². The molecule has 2 saturated heterocycles. The van der Waals surface area contributed by atoms with Crippen molar-refractivity contribution >= 4 is 48.3 Å². The van der Waals surface area contributed by atoms with Crippen LogP contribution in [0.4, 0.5) is 17.2 Å². The Hall–Kier alpha value is -3.98. The van der Waals surface area contributed by atoms with Crippen LogP contribution >= 0.6 is 0 Å². The zero-order valence-corrected chi connectivity index (χ0v) is 25.8. The minimum absolute atomic E-state index is 0.200. The molecule has 0 aliphatic carbocycles. The van der Waals surface area contributed by atoms with Gasteiger partial charge in [0.1, 0.15) is 17.8 Å². The number of aromatic amines is 1. The summed E-state index contributed by atoms with van der Waals surface area (Å²) < 4.78 is 60.9. The number of anilines is 3. The molecule has 2 aromatic heterocycles. The van der Waals surface area contributed by atoms with E-state index in [0.717, 1.165) is 71.7 Å². The molecular weight excluding hydrogens is 603 g/mol. The molecule has 2 aliphatic heterocycles. The second-order valence-corrected chi connectivity index (χ2v) is 14.3. The fraction of sp³-hybridized carbons (Fsp3) is 0.333. The van der Waals surface area contributed by atoms with E-state index >= 15 is 0 Å². The van der Waals surface area contributed by atoms with Gasteiger partial charge < -0.3 is 19.5 Å². The maximum absolute atomic E-state index is 13.1. The van der Waals surface area contributed by atoms with Crippen LogP contribution in [0.3, 0.4) is 0 Å². The third-order valence-corrected chi connectivity index (χ3v) is 10.1. The van der Waals surface area contributed by atoms with Crippen LogP contribution in [0.5, 0.6) is 0 Å². The molecule has 14 heteroatoms. The van der Waals surface area contributed by atoms with Gasteiger partial charge >= 0.3 is 0 Å². The van der Waals surface area contributed by atoms with Crippen molar-refractivity contribution in [1.29, 1.82) is 0 Å². The Balaban J connectivity index is 1.12. The number of nitrogens with zero attached hydrogens (tertiary/aromatic N) is 4. The van der Waals surface area contributed by atoms with Gasteiger partial charge in [-0.15, -0.1) is 0 Å². The monoisotopic (exact) mass is 637 g/mol. The Morgan fingerprint density at radius 3 is 2.57 bits per heavy atom. The van der Waals surface area contributed by atoms with E-state index in [0.29, 0.717) is 31.0 Å². The van der Waals surface area contributed by atoms with E-state index in [9.17, 15) is 16.8 Å². The SMILES string of the molecule is C=CS(=O)(=O)NC1CCCN(c2cccc(CS(=O)(=O)Nc3ccc(-c4cc5c(N6CCOCC6)ncnc5[nH]4)cc3)c2)C1. The van der Waals surface area contributed by atoms with Gasteiger partial charge in [-0.1, -0.05) is 30.8 Å². The average molecular weight is 638 g/mol. The second-order valence-electron chi connectivity index (χ2n) is 11.0. The first kappa shape index (κ1) is 30.1. The molecule has 12 nitrogen and oxygen atoms in total. The van der Waals surface area contributed by atoms with Crippen LogP contribution in [0, 0.1) is 0 Å². The van der Waals surface area contributed by atoms with Gasteiger partial charge in [0.25, 0.3) is 0 Å². The van der Waals surface area contributed by atoms with E-state index in [2.05, 4.69) is 40.8 Å². The van der Waals surface area contributed by atoms with Crippen LogP contribution in [-0.4, -0.2) is 77.2 Å². The lowest BCUT2D eigenvalue weighted by Gasteiger charge is -2.34.